The largest absolute Gasteiger partial charge is 0.504 e. The van der Waals surface area contributed by atoms with Crippen molar-refractivity contribution in [1.82, 2.24) is 19.9 Å². The molecular formula is C51H54N8O8. The number of phenolic OH excluding ortho intramolecular Hbond substituents is 1. The SMILES string of the molecule is C#CCC(NC(=O)c1ccc(-c2nc3cc(C#N)ccc3n2C)cc1)C(=O)Nc1ccc(C(=O)Nc2ccc(C(=O)Nc3ccc(C(=O)O)cc3)c(O)c2OC(C)C)nc1.CC.CC(C)(C)C. The minimum atomic E-state index is -1.13. The first-order valence-corrected chi connectivity index (χ1v) is 21.2. The smallest absolute Gasteiger partial charge is 0.335 e. The molecule has 0 aliphatic rings. The van der Waals surface area contributed by atoms with Gasteiger partial charge >= 0.3 is 5.97 Å². The lowest BCUT2D eigenvalue weighted by Crippen LogP contribution is -2.43. The van der Waals surface area contributed by atoms with Crippen LogP contribution in [0.1, 0.15) is 109 Å². The van der Waals surface area contributed by atoms with Crippen LogP contribution in [0.3, 0.4) is 0 Å². The van der Waals surface area contributed by atoms with Crippen molar-refractivity contribution < 1.29 is 38.9 Å². The number of hydrogen-bond donors (Lipinski definition) is 6. The van der Waals surface area contributed by atoms with E-state index in [4.69, 9.17) is 16.3 Å². The van der Waals surface area contributed by atoms with E-state index in [1.165, 1.54) is 54.7 Å². The molecule has 2 heterocycles. The average molecular weight is 907 g/mol. The van der Waals surface area contributed by atoms with Crippen molar-refractivity contribution in [2.45, 2.75) is 74.0 Å². The Morgan fingerprint density at radius 2 is 1.45 bits per heavy atom. The lowest BCUT2D eigenvalue weighted by Gasteiger charge is -2.18. The first-order chi connectivity index (χ1) is 31.8. The number of benzene rings is 4. The zero-order valence-corrected chi connectivity index (χ0v) is 38.8. The molecule has 6 N–H and O–H groups in total. The van der Waals surface area contributed by atoms with Gasteiger partial charge < -0.3 is 40.8 Å². The van der Waals surface area contributed by atoms with Crippen molar-refractivity contribution in [3.63, 3.8) is 0 Å². The minimum absolute atomic E-state index is 0.0292. The number of nitriles is 1. The van der Waals surface area contributed by atoms with E-state index in [1.807, 2.05) is 31.5 Å². The highest BCUT2D eigenvalue weighted by Gasteiger charge is 2.24. The number of nitrogens with one attached hydrogen (secondary N) is 4. The van der Waals surface area contributed by atoms with Gasteiger partial charge in [0.05, 0.1) is 57.5 Å². The molecule has 4 amide bonds. The lowest BCUT2D eigenvalue weighted by atomic mass is 10.0. The molecule has 16 nitrogen and oxygen atoms in total. The summed E-state index contributed by atoms with van der Waals surface area (Å²) in [6.07, 6.45) is 6.17. The number of nitrogens with zero attached hydrogens (tertiary/aromatic N) is 4. The normalized spacial score (nSPS) is 11.0. The van der Waals surface area contributed by atoms with Crippen LogP contribution in [0.2, 0.25) is 0 Å². The fraction of sp³-hybridized carbons (Fsp3) is 0.255. The second-order valence-electron chi connectivity index (χ2n) is 16.5. The van der Waals surface area contributed by atoms with Crippen molar-refractivity contribution in [2.24, 2.45) is 12.5 Å². The zero-order chi connectivity index (χ0) is 49.6. The number of fused-ring (bicyclic) bond motifs is 1. The number of aromatic nitrogens is 3. The third-order valence-electron chi connectivity index (χ3n) is 8.99. The highest BCUT2D eigenvalue weighted by molar-refractivity contribution is 6.09. The molecule has 1 unspecified atom stereocenters. The minimum Gasteiger partial charge on any atom is -0.504 e. The van der Waals surface area contributed by atoms with Gasteiger partial charge in [0.15, 0.2) is 11.5 Å². The number of aromatic carboxylic acids is 1. The van der Waals surface area contributed by atoms with E-state index in [9.17, 15) is 34.3 Å². The number of aryl methyl sites for hydroxylation is 1. The Hall–Kier alpha value is -8.50. The van der Waals surface area contributed by atoms with Gasteiger partial charge in [0.1, 0.15) is 17.6 Å². The van der Waals surface area contributed by atoms with E-state index < -0.39 is 47.5 Å². The van der Waals surface area contributed by atoms with Gasteiger partial charge in [0.25, 0.3) is 17.7 Å². The summed E-state index contributed by atoms with van der Waals surface area (Å²) in [5.74, 6) is -1.40. The van der Waals surface area contributed by atoms with E-state index in [-0.39, 0.29) is 51.6 Å². The number of carboxylic acid groups (broad SMARTS) is 1. The number of amides is 4. The predicted molar refractivity (Wildman–Crippen MR) is 258 cm³/mol. The number of pyridine rings is 1. The Kier molecular flexibility index (Phi) is 17.5. The van der Waals surface area contributed by atoms with Gasteiger partial charge in [-0.1, -0.05) is 53.7 Å². The molecule has 6 aromatic rings. The number of carboxylic acids is 1. The molecule has 0 saturated heterocycles. The Morgan fingerprint density at radius 1 is 0.821 bits per heavy atom. The molecular weight excluding hydrogens is 853 g/mol. The van der Waals surface area contributed by atoms with Crippen LogP contribution >= 0.6 is 0 Å². The second-order valence-corrected chi connectivity index (χ2v) is 16.5. The second kappa shape index (κ2) is 22.9. The highest BCUT2D eigenvalue weighted by Crippen LogP contribution is 2.39. The summed E-state index contributed by atoms with van der Waals surface area (Å²) >= 11 is 0. The number of carbonyl (C=O) groups excluding carboxylic acids is 4. The van der Waals surface area contributed by atoms with Crippen molar-refractivity contribution in [3.8, 4) is 41.3 Å². The number of hydrogen-bond acceptors (Lipinski definition) is 10. The summed E-state index contributed by atoms with van der Waals surface area (Å²) in [4.78, 5) is 72.7. The Morgan fingerprint density at radius 3 is 2.01 bits per heavy atom. The van der Waals surface area contributed by atoms with Gasteiger partial charge in [-0.05, 0) is 98.1 Å². The average Bonchev–Trinajstić information content (AvgIpc) is 3.62. The van der Waals surface area contributed by atoms with Gasteiger partial charge in [0, 0.05) is 30.3 Å². The molecule has 0 bridgehead atoms. The lowest BCUT2D eigenvalue weighted by molar-refractivity contribution is -0.117. The molecule has 0 saturated carbocycles. The molecule has 0 aliphatic carbocycles. The number of carbonyl (C=O) groups is 5. The van der Waals surface area contributed by atoms with Crippen LogP contribution in [-0.2, 0) is 11.8 Å². The predicted octanol–water partition coefficient (Wildman–Crippen LogP) is 9.04. The van der Waals surface area contributed by atoms with Crippen molar-refractivity contribution in [1.29, 1.82) is 5.26 Å². The number of anilines is 3. The number of aromatic hydroxyl groups is 1. The third kappa shape index (κ3) is 14.0. The summed E-state index contributed by atoms with van der Waals surface area (Å²) in [7, 11) is 1.85. The fourth-order valence-electron chi connectivity index (χ4n) is 5.99. The Balaban J connectivity index is 0.00000131. The molecule has 2 aromatic heterocycles. The molecule has 67 heavy (non-hydrogen) atoms. The topological polar surface area (TPSA) is 238 Å². The highest BCUT2D eigenvalue weighted by atomic mass is 16.5. The van der Waals surface area contributed by atoms with E-state index in [0.717, 1.165) is 11.1 Å². The molecule has 4 aromatic carbocycles. The van der Waals surface area contributed by atoms with E-state index in [1.54, 1.807) is 50.2 Å². The summed E-state index contributed by atoms with van der Waals surface area (Å²) in [5.41, 5.74) is 3.81. The first-order valence-electron chi connectivity index (χ1n) is 21.2. The Bertz CT molecular complexity index is 2830. The van der Waals surface area contributed by atoms with Crippen LogP contribution in [0.15, 0.2) is 97.2 Å². The van der Waals surface area contributed by atoms with Gasteiger partial charge in [-0.15, -0.1) is 12.3 Å². The summed E-state index contributed by atoms with van der Waals surface area (Å²) in [6.45, 7) is 16.1. The fourth-order valence-corrected chi connectivity index (χ4v) is 5.99. The molecule has 346 valence electrons. The molecule has 16 heteroatoms. The van der Waals surface area contributed by atoms with Crippen LogP contribution in [0.4, 0.5) is 17.1 Å². The zero-order valence-electron chi connectivity index (χ0n) is 38.8. The van der Waals surface area contributed by atoms with E-state index in [0.29, 0.717) is 22.3 Å². The van der Waals surface area contributed by atoms with Crippen molar-refractivity contribution in [2.75, 3.05) is 16.0 Å². The standard InChI is InChI=1S/C44H36N8O8.C5H12.C2H6/c1-5-6-34(51-40(54)27-10-8-26(9-11-27)39-49-35-21-25(22-45)7-20-36(35)52(39)4)43(57)48-30-16-18-33(46-23-30)42(56)50-32-19-17-31(37(53)38(32)60-24(2)3)41(55)47-29-14-12-28(13-15-29)44(58)59;1-5(2,3)4;1-2/h1,7-21,23-24,34,53H,6H2,2-4H3,(H,47,55)(H,48,57)(H,50,56)(H,51,54)(H,58,59);1-4H3;1-2H3. The monoisotopic (exact) mass is 906 g/mol. The summed E-state index contributed by atoms with van der Waals surface area (Å²) in [5, 5.41) is 39.9. The maximum absolute atomic E-state index is 13.3. The van der Waals surface area contributed by atoms with Gasteiger partial charge in [-0.3, -0.25) is 19.2 Å². The first kappa shape index (κ1) is 51.1. The molecule has 0 fully saturated rings. The van der Waals surface area contributed by atoms with Gasteiger partial charge in [-0.2, -0.15) is 5.26 Å². The maximum atomic E-state index is 13.3. The van der Waals surface area contributed by atoms with Crippen LogP contribution in [0.5, 0.6) is 11.5 Å². The van der Waals surface area contributed by atoms with Crippen LogP contribution in [0.25, 0.3) is 22.4 Å². The summed E-state index contributed by atoms with van der Waals surface area (Å²) in [6, 6.07) is 23.7. The molecule has 0 spiro atoms. The molecule has 1 atom stereocenters. The van der Waals surface area contributed by atoms with Crippen LogP contribution < -0.4 is 26.0 Å². The number of rotatable bonds is 13. The quantitative estimate of drug-likeness (QED) is 0.0598. The maximum Gasteiger partial charge on any atom is 0.335 e. The van der Waals surface area contributed by atoms with Gasteiger partial charge in [-0.25, -0.2) is 14.8 Å². The summed E-state index contributed by atoms with van der Waals surface area (Å²) < 4.78 is 7.65. The van der Waals surface area contributed by atoms with E-state index >= 15 is 0 Å². The van der Waals surface area contributed by atoms with Crippen LogP contribution in [-0.4, -0.2) is 66.5 Å². The Labute approximate surface area is 389 Å². The molecule has 6 rings (SSSR count). The van der Waals surface area contributed by atoms with Gasteiger partial charge in [0.2, 0.25) is 5.91 Å². The van der Waals surface area contributed by atoms with Crippen LogP contribution in [0, 0.1) is 29.1 Å². The number of ether oxygens (including phenoxy) is 1. The number of imidazole rings is 1. The molecule has 0 aliphatic heterocycles. The third-order valence-corrected chi connectivity index (χ3v) is 8.99. The number of terminal acetylenes is 1. The number of phenols is 1. The van der Waals surface area contributed by atoms with Crippen molar-refractivity contribution >= 4 is 57.7 Å². The van der Waals surface area contributed by atoms with E-state index in [2.05, 4.69) is 70.9 Å². The van der Waals surface area contributed by atoms with Crippen molar-refractivity contribution in [3.05, 3.63) is 125 Å². The molecule has 0 radical (unpaired) electrons.